The molecule has 0 aliphatic heterocycles. The van der Waals surface area contributed by atoms with E-state index in [1.54, 1.807) is 36.4 Å². The van der Waals surface area contributed by atoms with Crippen molar-refractivity contribution in [2.75, 3.05) is 10.6 Å². The first kappa shape index (κ1) is 32.0. The molecule has 1 atom stereocenters. The van der Waals surface area contributed by atoms with E-state index in [-0.39, 0.29) is 17.5 Å². The molecule has 0 saturated carbocycles. The summed E-state index contributed by atoms with van der Waals surface area (Å²) < 4.78 is 0. The zero-order valence-electron chi connectivity index (χ0n) is 25.9. The molecule has 230 valence electrons. The number of thioether (sulfide) groups is 1. The highest BCUT2D eigenvalue weighted by atomic mass is 32.2. The van der Waals surface area contributed by atoms with E-state index in [9.17, 15) is 14.4 Å². The van der Waals surface area contributed by atoms with Crippen molar-refractivity contribution in [1.29, 1.82) is 0 Å². The Kier molecular flexibility index (Phi) is 10.5. The molecule has 0 aromatic heterocycles. The van der Waals surface area contributed by atoms with E-state index in [0.29, 0.717) is 11.3 Å². The third-order valence-electron chi connectivity index (χ3n) is 7.35. The van der Waals surface area contributed by atoms with Gasteiger partial charge in [0.1, 0.15) is 10.9 Å². The molecule has 3 amide bonds. The van der Waals surface area contributed by atoms with Crippen LogP contribution in [-0.4, -0.2) is 17.7 Å². The summed E-state index contributed by atoms with van der Waals surface area (Å²) in [6, 6.07) is 39.3. The summed E-state index contributed by atoms with van der Waals surface area (Å²) in [4.78, 5) is 41.2. The fourth-order valence-electron chi connectivity index (χ4n) is 4.80. The molecule has 0 bridgehead atoms. The third kappa shape index (κ3) is 8.40. The van der Waals surface area contributed by atoms with Crippen LogP contribution in [0.15, 0.2) is 138 Å². The Morgan fingerprint density at radius 3 is 2.11 bits per heavy atom. The smallest absolute Gasteiger partial charge is 0.272 e. The van der Waals surface area contributed by atoms with Crippen LogP contribution in [0.4, 0.5) is 11.4 Å². The first-order valence-electron chi connectivity index (χ1n) is 14.9. The van der Waals surface area contributed by atoms with E-state index in [4.69, 9.17) is 0 Å². The molecule has 46 heavy (non-hydrogen) atoms. The molecule has 5 aromatic rings. The second kappa shape index (κ2) is 15.1. The fourth-order valence-corrected chi connectivity index (χ4v) is 5.88. The van der Waals surface area contributed by atoms with Crippen molar-refractivity contribution in [2.24, 2.45) is 0 Å². The van der Waals surface area contributed by atoms with Gasteiger partial charge in [-0.15, -0.1) is 11.8 Å². The maximum atomic E-state index is 13.7. The minimum Gasteiger partial charge on any atom is -0.325 e. The van der Waals surface area contributed by atoms with Gasteiger partial charge in [-0.2, -0.15) is 0 Å². The predicted octanol–water partition coefficient (Wildman–Crippen LogP) is 8.49. The molecule has 0 aliphatic rings. The topological polar surface area (TPSA) is 87.3 Å². The minimum atomic E-state index is -0.547. The lowest BCUT2D eigenvalue weighted by Gasteiger charge is -2.19. The molecule has 0 saturated heterocycles. The normalized spacial score (nSPS) is 11.8. The number of carbonyl (C=O) groups is 3. The second-order valence-corrected chi connectivity index (χ2v) is 12.1. The van der Waals surface area contributed by atoms with E-state index in [0.717, 1.165) is 38.4 Å². The number of hydrogen-bond donors (Lipinski definition) is 3. The summed E-state index contributed by atoms with van der Waals surface area (Å²) in [7, 11) is 0. The Hall–Kier alpha value is -5.40. The van der Waals surface area contributed by atoms with Gasteiger partial charge in [-0.05, 0) is 91.1 Å². The number of hydrogen-bond acceptors (Lipinski definition) is 4. The third-order valence-corrected chi connectivity index (χ3v) is 8.60. The van der Waals surface area contributed by atoms with Crippen molar-refractivity contribution in [1.82, 2.24) is 5.32 Å². The van der Waals surface area contributed by atoms with E-state index in [2.05, 4.69) is 16.0 Å². The fraction of sp³-hybridized carbons (Fsp3) is 0.103. The monoisotopic (exact) mass is 625 g/mol. The lowest BCUT2D eigenvalue weighted by atomic mass is 10.1. The standard InChI is InChI=1S/C39H35N3O3S/c1-26-21-22-28(3)34(23-26)41-39(45)36(29-14-6-4-7-15-29)46-33-20-12-19-32(25-33)40-38(44)35(24-31-18-11-10-13-27(31)2)42-37(43)30-16-8-5-9-17-30/h4-25,36H,1-3H3,(H,40,44)(H,41,45)(H,42,43)/b35-24-. The van der Waals surface area contributed by atoms with E-state index in [1.807, 2.05) is 118 Å². The SMILES string of the molecule is Cc1ccc(C)c(NC(=O)C(Sc2cccc(NC(=O)/C(=C/c3ccccc3C)NC(=O)c3ccccc3)c2)c2ccccc2)c1. The lowest BCUT2D eigenvalue weighted by molar-refractivity contribution is -0.116. The number of amides is 3. The molecule has 7 heteroatoms. The van der Waals surface area contributed by atoms with Crippen LogP contribution in [0.1, 0.15) is 43.4 Å². The molecule has 0 aliphatic carbocycles. The van der Waals surface area contributed by atoms with Gasteiger partial charge in [0.2, 0.25) is 5.91 Å². The molecule has 3 N–H and O–H groups in total. The van der Waals surface area contributed by atoms with Crippen LogP contribution in [0.2, 0.25) is 0 Å². The van der Waals surface area contributed by atoms with Crippen LogP contribution in [0, 0.1) is 20.8 Å². The van der Waals surface area contributed by atoms with Crippen LogP contribution in [0.25, 0.3) is 6.08 Å². The minimum absolute atomic E-state index is 0.108. The number of aryl methyl sites for hydroxylation is 3. The molecule has 0 fully saturated rings. The van der Waals surface area contributed by atoms with Crippen molar-refractivity contribution in [3.8, 4) is 0 Å². The zero-order chi connectivity index (χ0) is 32.5. The quantitative estimate of drug-likeness (QED) is 0.107. The number of carbonyl (C=O) groups excluding carboxylic acids is 3. The van der Waals surface area contributed by atoms with Crippen LogP contribution >= 0.6 is 11.8 Å². The molecule has 5 rings (SSSR count). The summed E-state index contributed by atoms with van der Waals surface area (Å²) in [5, 5.41) is 8.30. The first-order chi connectivity index (χ1) is 22.3. The molecule has 0 spiro atoms. The summed E-state index contributed by atoms with van der Waals surface area (Å²) in [6.45, 7) is 5.91. The molecule has 5 aromatic carbocycles. The van der Waals surface area contributed by atoms with Crippen molar-refractivity contribution in [3.63, 3.8) is 0 Å². The highest BCUT2D eigenvalue weighted by molar-refractivity contribution is 8.00. The summed E-state index contributed by atoms with van der Waals surface area (Å²) in [5.41, 5.74) is 6.53. The van der Waals surface area contributed by atoms with Crippen LogP contribution < -0.4 is 16.0 Å². The average Bonchev–Trinajstić information content (AvgIpc) is 3.07. The molecule has 0 heterocycles. The highest BCUT2D eigenvalue weighted by Gasteiger charge is 2.23. The van der Waals surface area contributed by atoms with Gasteiger partial charge >= 0.3 is 0 Å². The molecule has 6 nitrogen and oxygen atoms in total. The van der Waals surface area contributed by atoms with Gasteiger partial charge < -0.3 is 16.0 Å². The lowest BCUT2D eigenvalue weighted by Crippen LogP contribution is -2.30. The summed E-state index contributed by atoms with van der Waals surface area (Å²) >= 11 is 1.39. The molecule has 1 unspecified atom stereocenters. The molecule has 0 radical (unpaired) electrons. The van der Waals surface area contributed by atoms with Crippen molar-refractivity contribution >= 4 is 46.9 Å². The van der Waals surface area contributed by atoms with E-state index in [1.165, 1.54) is 11.8 Å². The highest BCUT2D eigenvalue weighted by Crippen LogP contribution is 2.37. The number of rotatable bonds is 10. The van der Waals surface area contributed by atoms with Gasteiger partial charge in [-0.25, -0.2) is 0 Å². The van der Waals surface area contributed by atoms with Gasteiger partial charge in [0, 0.05) is 21.8 Å². The van der Waals surface area contributed by atoms with Crippen LogP contribution in [0.5, 0.6) is 0 Å². The maximum absolute atomic E-state index is 13.7. The first-order valence-corrected chi connectivity index (χ1v) is 15.8. The second-order valence-electron chi connectivity index (χ2n) is 10.9. The van der Waals surface area contributed by atoms with Crippen LogP contribution in [-0.2, 0) is 9.59 Å². The van der Waals surface area contributed by atoms with Crippen molar-refractivity contribution < 1.29 is 14.4 Å². The maximum Gasteiger partial charge on any atom is 0.272 e. The Bertz CT molecular complexity index is 1890. The summed E-state index contributed by atoms with van der Waals surface area (Å²) in [5.74, 6) is -1.01. The Labute approximate surface area is 274 Å². The van der Waals surface area contributed by atoms with E-state index >= 15 is 0 Å². The van der Waals surface area contributed by atoms with E-state index < -0.39 is 11.2 Å². The van der Waals surface area contributed by atoms with Gasteiger partial charge in [-0.1, -0.05) is 91.0 Å². The van der Waals surface area contributed by atoms with Crippen molar-refractivity contribution in [3.05, 3.63) is 166 Å². The summed E-state index contributed by atoms with van der Waals surface area (Å²) in [6.07, 6.45) is 1.67. The largest absolute Gasteiger partial charge is 0.325 e. The predicted molar refractivity (Wildman–Crippen MR) is 188 cm³/mol. The van der Waals surface area contributed by atoms with Gasteiger partial charge in [0.15, 0.2) is 0 Å². The van der Waals surface area contributed by atoms with Crippen LogP contribution in [0.3, 0.4) is 0 Å². The van der Waals surface area contributed by atoms with Crippen molar-refractivity contribution in [2.45, 2.75) is 30.9 Å². The number of benzene rings is 5. The average molecular weight is 626 g/mol. The molecular formula is C39H35N3O3S. The Morgan fingerprint density at radius 2 is 1.37 bits per heavy atom. The van der Waals surface area contributed by atoms with Gasteiger partial charge in [0.25, 0.3) is 11.8 Å². The van der Waals surface area contributed by atoms with Gasteiger partial charge in [0.05, 0.1) is 0 Å². The zero-order valence-corrected chi connectivity index (χ0v) is 26.7. The van der Waals surface area contributed by atoms with Gasteiger partial charge in [-0.3, -0.25) is 14.4 Å². The number of anilines is 2. The number of nitrogens with one attached hydrogen (secondary N) is 3. The molecular weight excluding hydrogens is 591 g/mol. The Morgan fingerprint density at radius 1 is 0.674 bits per heavy atom. The Balaban J connectivity index is 1.39.